The molecule has 12 heavy (non-hydrogen) atoms. The summed E-state index contributed by atoms with van der Waals surface area (Å²) in [6.07, 6.45) is 5.59. The van der Waals surface area contributed by atoms with Gasteiger partial charge in [-0.2, -0.15) is 0 Å². The molecule has 2 heteroatoms. The highest BCUT2D eigenvalue weighted by Crippen LogP contribution is 2.29. The van der Waals surface area contributed by atoms with E-state index in [1.807, 2.05) is 7.05 Å². The highest BCUT2D eigenvalue weighted by atomic mass is 15.1. The van der Waals surface area contributed by atoms with E-state index in [1.54, 1.807) is 0 Å². The quantitative estimate of drug-likeness (QED) is 0.580. The standard InChI is InChI=1S/C10H22N2/c1-11-7-3-4-8-12(2)9-10-5-6-10/h10-11H,3-9H2,1-2H3. The van der Waals surface area contributed by atoms with Gasteiger partial charge < -0.3 is 10.2 Å². The second kappa shape index (κ2) is 5.55. The third-order valence-corrected chi connectivity index (χ3v) is 2.48. The largest absolute Gasteiger partial charge is 0.320 e. The lowest BCUT2D eigenvalue weighted by atomic mass is 10.3. The van der Waals surface area contributed by atoms with Gasteiger partial charge in [0.1, 0.15) is 0 Å². The van der Waals surface area contributed by atoms with Gasteiger partial charge in [-0.25, -0.2) is 0 Å². The van der Waals surface area contributed by atoms with Crippen molar-refractivity contribution in [1.82, 2.24) is 10.2 Å². The molecular weight excluding hydrogens is 148 g/mol. The van der Waals surface area contributed by atoms with E-state index in [2.05, 4.69) is 17.3 Å². The highest BCUT2D eigenvalue weighted by Gasteiger charge is 2.22. The molecule has 2 nitrogen and oxygen atoms in total. The van der Waals surface area contributed by atoms with Crippen LogP contribution in [0.1, 0.15) is 25.7 Å². The van der Waals surface area contributed by atoms with Crippen molar-refractivity contribution in [3.63, 3.8) is 0 Å². The summed E-state index contributed by atoms with van der Waals surface area (Å²) in [6.45, 7) is 3.77. The molecule has 72 valence electrons. The van der Waals surface area contributed by atoms with E-state index in [0.29, 0.717) is 0 Å². The van der Waals surface area contributed by atoms with Crippen molar-refractivity contribution in [2.45, 2.75) is 25.7 Å². The van der Waals surface area contributed by atoms with Gasteiger partial charge in [0.15, 0.2) is 0 Å². The minimum atomic E-state index is 1.04. The molecule has 1 saturated carbocycles. The number of rotatable bonds is 7. The molecule has 0 radical (unpaired) electrons. The Morgan fingerprint density at radius 3 is 2.67 bits per heavy atom. The first kappa shape index (κ1) is 10.0. The molecule has 1 rings (SSSR count). The topological polar surface area (TPSA) is 15.3 Å². The van der Waals surface area contributed by atoms with Crippen LogP contribution in [0.5, 0.6) is 0 Å². The third-order valence-electron chi connectivity index (χ3n) is 2.48. The van der Waals surface area contributed by atoms with E-state index in [9.17, 15) is 0 Å². The molecular formula is C10H22N2. The van der Waals surface area contributed by atoms with E-state index >= 15 is 0 Å². The normalized spacial score (nSPS) is 17.2. The van der Waals surface area contributed by atoms with Gasteiger partial charge in [-0.15, -0.1) is 0 Å². The number of nitrogens with zero attached hydrogens (tertiary/aromatic N) is 1. The molecule has 1 aliphatic carbocycles. The van der Waals surface area contributed by atoms with Gasteiger partial charge in [-0.1, -0.05) is 0 Å². The summed E-state index contributed by atoms with van der Waals surface area (Å²) in [6, 6.07) is 0. The molecule has 0 atom stereocenters. The Hall–Kier alpha value is -0.0800. The molecule has 0 aromatic rings. The fraction of sp³-hybridized carbons (Fsp3) is 1.00. The highest BCUT2D eigenvalue weighted by molar-refractivity contribution is 4.75. The molecule has 0 amide bonds. The molecule has 1 N–H and O–H groups in total. The Morgan fingerprint density at radius 2 is 2.08 bits per heavy atom. The molecule has 0 aromatic carbocycles. The number of hydrogen-bond acceptors (Lipinski definition) is 2. The zero-order valence-corrected chi connectivity index (χ0v) is 8.47. The van der Waals surface area contributed by atoms with Gasteiger partial charge in [0, 0.05) is 6.54 Å². The fourth-order valence-corrected chi connectivity index (χ4v) is 1.52. The molecule has 0 spiro atoms. The maximum absolute atomic E-state index is 3.18. The van der Waals surface area contributed by atoms with Crippen LogP contribution in [0.15, 0.2) is 0 Å². The van der Waals surface area contributed by atoms with Crippen LogP contribution >= 0.6 is 0 Å². The molecule has 1 fully saturated rings. The first-order valence-corrected chi connectivity index (χ1v) is 5.16. The smallest absolute Gasteiger partial charge is 0.000661 e. The first-order chi connectivity index (χ1) is 5.83. The lowest BCUT2D eigenvalue weighted by Gasteiger charge is -2.15. The van der Waals surface area contributed by atoms with E-state index in [0.717, 1.165) is 12.5 Å². The van der Waals surface area contributed by atoms with Gasteiger partial charge in [0.05, 0.1) is 0 Å². The second-order valence-corrected chi connectivity index (χ2v) is 4.02. The maximum Gasteiger partial charge on any atom is 0.000661 e. The summed E-state index contributed by atoms with van der Waals surface area (Å²) in [5.41, 5.74) is 0. The van der Waals surface area contributed by atoms with Crippen LogP contribution < -0.4 is 5.32 Å². The Labute approximate surface area is 76.3 Å². The lowest BCUT2D eigenvalue weighted by molar-refractivity contribution is 0.313. The minimum absolute atomic E-state index is 1.04. The van der Waals surface area contributed by atoms with Gasteiger partial charge in [-0.3, -0.25) is 0 Å². The zero-order chi connectivity index (χ0) is 8.81. The summed E-state index contributed by atoms with van der Waals surface area (Å²) >= 11 is 0. The van der Waals surface area contributed by atoms with Gasteiger partial charge >= 0.3 is 0 Å². The van der Waals surface area contributed by atoms with Crippen LogP contribution in [0, 0.1) is 5.92 Å². The number of hydrogen-bond donors (Lipinski definition) is 1. The average Bonchev–Trinajstić information content (AvgIpc) is 2.82. The third kappa shape index (κ3) is 4.73. The molecule has 0 bridgehead atoms. The van der Waals surface area contributed by atoms with Crippen molar-refractivity contribution in [2.24, 2.45) is 5.92 Å². The summed E-state index contributed by atoms with van der Waals surface area (Å²) in [5.74, 6) is 1.04. The fourth-order valence-electron chi connectivity index (χ4n) is 1.52. The molecule has 0 aromatic heterocycles. The second-order valence-electron chi connectivity index (χ2n) is 4.02. The summed E-state index contributed by atoms with van der Waals surface area (Å²) in [5, 5.41) is 3.18. The van der Waals surface area contributed by atoms with Crippen molar-refractivity contribution < 1.29 is 0 Å². The van der Waals surface area contributed by atoms with E-state index in [1.165, 1.54) is 38.8 Å². The Balaban J connectivity index is 1.83. The minimum Gasteiger partial charge on any atom is -0.320 e. The molecule has 1 aliphatic rings. The Bertz CT molecular complexity index is 110. The average molecular weight is 170 g/mol. The first-order valence-electron chi connectivity index (χ1n) is 5.16. The Kier molecular flexibility index (Phi) is 4.62. The predicted molar refractivity (Wildman–Crippen MR) is 53.4 cm³/mol. The van der Waals surface area contributed by atoms with Crippen molar-refractivity contribution in [2.75, 3.05) is 33.7 Å². The van der Waals surface area contributed by atoms with E-state index < -0.39 is 0 Å². The van der Waals surface area contributed by atoms with Crippen LogP contribution in [-0.4, -0.2) is 38.6 Å². The monoisotopic (exact) mass is 170 g/mol. The number of nitrogens with one attached hydrogen (secondary N) is 1. The molecule has 0 unspecified atom stereocenters. The molecule has 0 saturated heterocycles. The van der Waals surface area contributed by atoms with Crippen molar-refractivity contribution in [3.8, 4) is 0 Å². The number of unbranched alkanes of at least 4 members (excludes halogenated alkanes) is 1. The van der Waals surface area contributed by atoms with Crippen LogP contribution in [0.25, 0.3) is 0 Å². The van der Waals surface area contributed by atoms with Gasteiger partial charge in [0.2, 0.25) is 0 Å². The van der Waals surface area contributed by atoms with Crippen LogP contribution in [-0.2, 0) is 0 Å². The summed E-state index contributed by atoms with van der Waals surface area (Å²) in [4.78, 5) is 2.48. The zero-order valence-electron chi connectivity index (χ0n) is 8.47. The Morgan fingerprint density at radius 1 is 1.33 bits per heavy atom. The summed E-state index contributed by atoms with van der Waals surface area (Å²) in [7, 11) is 4.27. The van der Waals surface area contributed by atoms with E-state index in [4.69, 9.17) is 0 Å². The van der Waals surface area contributed by atoms with Gasteiger partial charge in [0.25, 0.3) is 0 Å². The molecule has 0 heterocycles. The molecule has 0 aliphatic heterocycles. The lowest BCUT2D eigenvalue weighted by Crippen LogP contribution is -2.22. The van der Waals surface area contributed by atoms with Crippen molar-refractivity contribution in [3.05, 3.63) is 0 Å². The van der Waals surface area contributed by atoms with Crippen LogP contribution in [0.4, 0.5) is 0 Å². The predicted octanol–water partition coefficient (Wildman–Crippen LogP) is 1.33. The van der Waals surface area contributed by atoms with Gasteiger partial charge in [-0.05, 0) is 58.8 Å². The van der Waals surface area contributed by atoms with Crippen LogP contribution in [0.3, 0.4) is 0 Å². The van der Waals surface area contributed by atoms with Crippen molar-refractivity contribution in [1.29, 1.82) is 0 Å². The van der Waals surface area contributed by atoms with Crippen LogP contribution in [0.2, 0.25) is 0 Å². The SMILES string of the molecule is CNCCCCN(C)CC1CC1. The van der Waals surface area contributed by atoms with Crippen molar-refractivity contribution >= 4 is 0 Å². The van der Waals surface area contributed by atoms with E-state index in [-0.39, 0.29) is 0 Å². The summed E-state index contributed by atoms with van der Waals surface area (Å²) < 4.78 is 0. The maximum atomic E-state index is 3.18.